The summed E-state index contributed by atoms with van der Waals surface area (Å²) in [6, 6.07) is 0. The van der Waals surface area contributed by atoms with Crippen molar-refractivity contribution in [3.8, 4) is 0 Å². The van der Waals surface area contributed by atoms with Gasteiger partial charge in [0.15, 0.2) is 0 Å². The van der Waals surface area contributed by atoms with Gasteiger partial charge < -0.3 is 14.4 Å². The number of likely N-dealkylation sites (tertiary alicyclic amines) is 1. The summed E-state index contributed by atoms with van der Waals surface area (Å²) in [5.41, 5.74) is 0. The monoisotopic (exact) mass is 257 g/mol. The van der Waals surface area contributed by atoms with Crippen molar-refractivity contribution in [2.24, 2.45) is 0 Å². The molecule has 0 aromatic heterocycles. The van der Waals surface area contributed by atoms with Crippen molar-refractivity contribution in [3.05, 3.63) is 11.0 Å². The lowest BCUT2D eigenvalue weighted by atomic mass is 10.2. The summed E-state index contributed by atoms with van der Waals surface area (Å²) >= 11 is 1.67. The Morgan fingerprint density at radius 1 is 1.35 bits per heavy atom. The standard InChI is InChI=1S/C12H19NO3S/c1-8-4-5-11(17-8)12(14)13-6-9(15-2)10(7-13)16-3/h4,9-11H,5-7H2,1-3H3. The van der Waals surface area contributed by atoms with E-state index in [1.54, 1.807) is 26.0 Å². The van der Waals surface area contributed by atoms with E-state index in [4.69, 9.17) is 9.47 Å². The molecule has 0 spiro atoms. The first-order chi connectivity index (χ1) is 8.15. The second kappa shape index (κ2) is 5.42. The lowest BCUT2D eigenvalue weighted by molar-refractivity contribution is -0.130. The third-order valence-electron chi connectivity index (χ3n) is 3.36. The van der Waals surface area contributed by atoms with Crippen LogP contribution < -0.4 is 0 Å². The lowest BCUT2D eigenvalue weighted by Gasteiger charge is -2.19. The summed E-state index contributed by atoms with van der Waals surface area (Å²) in [6.45, 7) is 3.34. The molecule has 4 nitrogen and oxygen atoms in total. The van der Waals surface area contributed by atoms with Crippen molar-refractivity contribution in [1.29, 1.82) is 0 Å². The van der Waals surface area contributed by atoms with Gasteiger partial charge in [0.25, 0.3) is 0 Å². The van der Waals surface area contributed by atoms with E-state index in [1.807, 2.05) is 4.90 Å². The van der Waals surface area contributed by atoms with Crippen LogP contribution in [-0.2, 0) is 14.3 Å². The lowest BCUT2D eigenvalue weighted by Crippen LogP contribution is -2.36. The van der Waals surface area contributed by atoms with Gasteiger partial charge in [-0.3, -0.25) is 4.79 Å². The normalized spacial score (nSPS) is 33.0. The van der Waals surface area contributed by atoms with Crippen molar-refractivity contribution >= 4 is 17.7 Å². The SMILES string of the molecule is COC1CN(C(=O)C2CC=C(C)S2)CC1OC. The molecule has 0 aliphatic carbocycles. The molecule has 2 heterocycles. The molecular formula is C12H19NO3S. The van der Waals surface area contributed by atoms with Crippen LogP contribution in [0, 0.1) is 0 Å². The Bertz CT molecular complexity index is 320. The van der Waals surface area contributed by atoms with Crippen LogP contribution in [0.25, 0.3) is 0 Å². The zero-order valence-electron chi connectivity index (χ0n) is 10.5. The molecule has 0 aromatic rings. The topological polar surface area (TPSA) is 38.8 Å². The summed E-state index contributed by atoms with van der Waals surface area (Å²) in [7, 11) is 3.33. The molecule has 0 saturated carbocycles. The highest BCUT2D eigenvalue weighted by Crippen LogP contribution is 2.33. The molecule has 3 unspecified atom stereocenters. The first-order valence-corrected chi connectivity index (χ1v) is 6.71. The van der Waals surface area contributed by atoms with E-state index in [9.17, 15) is 4.79 Å². The Labute approximate surface area is 106 Å². The first-order valence-electron chi connectivity index (χ1n) is 5.83. The maximum absolute atomic E-state index is 12.3. The Balaban J connectivity index is 1.93. The molecule has 2 aliphatic rings. The van der Waals surface area contributed by atoms with Crippen LogP contribution in [0.15, 0.2) is 11.0 Å². The quantitative estimate of drug-likeness (QED) is 0.763. The molecular weight excluding hydrogens is 238 g/mol. The van der Waals surface area contributed by atoms with Crippen LogP contribution in [-0.4, -0.2) is 55.6 Å². The third-order valence-corrected chi connectivity index (χ3v) is 4.57. The summed E-state index contributed by atoms with van der Waals surface area (Å²) < 4.78 is 10.7. The van der Waals surface area contributed by atoms with Crippen LogP contribution in [0.1, 0.15) is 13.3 Å². The molecule has 5 heteroatoms. The van der Waals surface area contributed by atoms with Gasteiger partial charge in [0, 0.05) is 27.3 Å². The number of ether oxygens (including phenoxy) is 2. The molecule has 0 aromatic carbocycles. The van der Waals surface area contributed by atoms with Crippen molar-refractivity contribution in [3.63, 3.8) is 0 Å². The predicted molar refractivity (Wildman–Crippen MR) is 67.9 cm³/mol. The number of hydrogen-bond donors (Lipinski definition) is 0. The van der Waals surface area contributed by atoms with Gasteiger partial charge in [0.1, 0.15) is 12.2 Å². The zero-order valence-corrected chi connectivity index (χ0v) is 11.3. The molecule has 1 saturated heterocycles. The van der Waals surface area contributed by atoms with Gasteiger partial charge in [-0.2, -0.15) is 0 Å². The highest BCUT2D eigenvalue weighted by atomic mass is 32.2. The second-order valence-corrected chi connectivity index (χ2v) is 5.90. The van der Waals surface area contributed by atoms with E-state index in [0.717, 1.165) is 6.42 Å². The Morgan fingerprint density at radius 2 is 1.94 bits per heavy atom. The maximum Gasteiger partial charge on any atom is 0.236 e. The number of amides is 1. The van der Waals surface area contributed by atoms with Crippen LogP contribution in [0.3, 0.4) is 0 Å². The maximum atomic E-state index is 12.3. The molecule has 0 N–H and O–H groups in total. The number of carbonyl (C=O) groups is 1. The van der Waals surface area contributed by atoms with E-state index in [1.165, 1.54) is 4.91 Å². The van der Waals surface area contributed by atoms with Gasteiger partial charge in [0.2, 0.25) is 5.91 Å². The molecule has 2 aliphatic heterocycles. The van der Waals surface area contributed by atoms with Gasteiger partial charge in [0.05, 0.1) is 5.25 Å². The van der Waals surface area contributed by atoms with E-state index in [-0.39, 0.29) is 23.4 Å². The number of thioether (sulfide) groups is 1. The molecule has 1 amide bonds. The number of carbonyl (C=O) groups excluding carboxylic acids is 1. The van der Waals surface area contributed by atoms with Gasteiger partial charge in [-0.25, -0.2) is 0 Å². The summed E-state index contributed by atoms with van der Waals surface area (Å²) in [5.74, 6) is 0.213. The predicted octanol–water partition coefficient (Wildman–Crippen LogP) is 1.27. The Kier molecular flexibility index (Phi) is 4.12. The Morgan fingerprint density at radius 3 is 2.35 bits per heavy atom. The molecule has 3 atom stereocenters. The fourth-order valence-corrected chi connectivity index (χ4v) is 3.41. The van der Waals surface area contributed by atoms with Gasteiger partial charge in [-0.1, -0.05) is 6.08 Å². The molecule has 1 fully saturated rings. The fourth-order valence-electron chi connectivity index (χ4n) is 2.33. The van der Waals surface area contributed by atoms with Crippen LogP contribution in [0.5, 0.6) is 0 Å². The van der Waals surface area contributed by atoms with Crippen molar-refractivity contribution in [2.75, 3.05) is 27.3 Å². The number of hydrogen-bond acceptors (Lipinski definition) is 4. The molecule has 0 bridgehead atoms. The minimum absolute atomic E-state index is 0.00408. The first kappa shape index (κ1) is 12.9. The van der Waals surface area contributed by atoms with Crippen LogP contribution in [0.4, 0.5) is 0 Å². The average Bonchev–Trinajstić information content (AvgIpc) is 2.93. The van der Waals surface area contributed by atoms with E-state index >= 15 is 0 Å². The smallest absolute Gasteiger partial charge is 0.236 e. The number of rotatable bonds is 3. The van der Waals surface area contributed by atoms with Crippen molar-refractivity contribution in [1.82, 2.24) is 4.90 Å². The molecule has 2 rings (SSSR count). The fraction of sp³-hybridized carbons (Fsp3) is 0.750. The summed E-state index contributed by atoms with van der Waals surface area (Å²) in [4.78, 5) is 15.4. The Hall–Kier alpha value is -0.520. The number of methoxy groups -OCH3 is 2. The minimum Gasteiger partial charge on any atom is -0.377 e. The summed E-state index contributed by atoms with van der Waals surface area (Å²) in [5, 5.41) is 0.0584. The zero-order chi connectivity index (χ0) is 12.4. The highest BCUT2D eigenvalue weighted by Gasteiger charge is 2.38. The number of nitrogens with zero attached hydrogens (tertiary/aromatic N) is 1. The van der Waals surface area contributed by atoms with Crippen molar-refractivity contribution in [2.45, 2.75) is 30.8 Å². The average molecular weight is 257 g/mol. The summed E-state index contributed by atoms with van der Waals surface area (Å²) in [6.07, 6.45) is 2.99. The molecule has 0 radical (unpaired) electrons. The van der Waals surface area contributed by atoms with Crippen molar-refractivity contribution < 1.29 is 14.3 Å². The van der Waals surface area contributed by atoms with Crippen LogP contribution in [0.2, 0.25) is 0 Å². The van der Waals surface area contributed by atoms with Gasteiger partial charge in [-0.05, 0) is 18.2 Å². The van der Waals surface area contributed by atoms with E-state index in [0.29, 0.717) is 13.1 Å². The molecule has 96 valence electrons. The third kappa shape index (κ3) is 2.67. The van der Waals surface area contributed by atoms with Gasteiger partial charge >= 0.3 is 0 Å². The largest absolute Gasteiger partial charge is 0.377 e. The number of allylic oxidation sites excluding steroid dienone is 2. The minimum atomic E-state index is 0.00408. The van der Waals surface area contributed by atoms with E-state index in [2.05, 4.69) is 13.0 Å². The highest BCUT2D eigenvalue weighted by molar-refractivity contribution is 8.04. The second-order valence-electron chi connectivity index (χ2n) is 4.45. The van der Waals surface area contributed by atoms with Crippen LogP contribution >= 0.6 is 11.8 Å². The van der Waals surface area contributed by atoms with Gasteiger partial charge in [-0.15, -0.1) is 11.8 Å². The molecule has 17 heavy (non-hydrogen) atoms. The van der Waals surface area contributed by atoms with E-state index < -0.39 is 0 Å².